The standard InChI is InChI=1S/C16H15NO2S/c1-2-12-6-3-4-8-14(12)17-16(19)15-13(7-5-10-18)9-11-20-15/h3-4,6,8-9,11,18H,2,10H2,1H3,(H,17,19). The average Bonchev–Trinajstić information content (AvgIpc) is 2.94. The van der Waals surface area contributed by atoms with Crippen LogP contribution in [0.15, 0.2) is 35.7 Å². The van der Waals surface area contributed by atoms with E-state index in [-0.39, 0.29) is 12.5 Å². The first kappa shape index (κ1) is 14.3. The van der Waals surface area contributed by atoms with E-state index >= 15 is 0 Å². The third kappa shape index (κ3) is 3.27. The lowest BCUT2D eigenvalue weighted by atomic mass is 10.1. The third-order valence-electron chi connectivity index (χ3n) is 2.82. The van der Waals surface area contributed by atoms with Gasteiger partial charge in [-0.15, -0.1) is 11.3 Å². The molecule has 0 aliphatic heterocycles. The number of aryl methyl sites for hydroxylation is 1. The van der Waals surface area contributed by atoms with Gasteiger partial charge in [0.25, 0.3) is 5.91 Å². The zero-order valence-corrected chi connectivity index (χ0v) is 12.0. The normalized spacial score (nSPS) is 9.70. The number of carbonyl (C=O) groups excluding carboxylic acids is 1. The number of anilines is 1. The van der Waals surface area contributed by atoms with Crippen LogP contribution in [0.4, 0.5) is 5.69 Å². The van der Waals surface area contributed by atoms with Gasteiger partial charge in [-0.25, -0.2) is 0 Å². The van der Waals surface area contributed by atoms with Gasteiger partial charge in [-0.3, -0.25) is 4.79 Å². The molecular formula is C16H15NO2S. The second-order valence-corrected chi connectivity index (χ2v) is 5.00. The van der Waals surface area contributed by atoms with Gasteiger partial charge in [-0.2, -0.15) is 0 Å². The minimum atomic E-state index is -0.213. The summed E-state index contributed by atoms with van der Waals surface area (Å²) in [6.45, 7) is 1.84. The molecule has 1 heterocycles. The molecule has 102 valence electrons. The molecule has 0 aliphatic rings. The smallest absolute Gasteiger partial charge is 0.267 e. The summed E-state index contributed by atoms with van der Waals surface area (Å²) in [5.74, 6) is 5.19. The van der Waals surface area contributed by atoms with Crippen LogP contribution in [0.2, 0.25) is 0 Å². The lowest BCUT2D eigenvalue weighted by molar-refractivity contribution is 0.103. The van der Waals surface area contributed by atoms with Crippen molar-refractivity contribution >= 4 is 22.9 Å². The Kier molecular flexibility index (Phi) is 4.94. The molecule has 4 heteroatoms. The number of para-hydroxylation sites is 1. The number of carbonyl (C=O) groups is 1. The van der Waals surface area contributed by atoms with Crippen LogP contribution in [0.25, 0.3) is 0 Å². The summed E-state index contributed by atoms with van der Waals surface area (Å²) in [6.07, 6.45) is 0.859. The second-order valence-electron chi connectivity index (χ2n) is 4.09. The van der Waals surface area contributed by atoms with E-state index < -0.39 is 0 Å². The van der Waals surface area contributed by atoms with E-state index in [2.05, 4.69) is 17.2 Å². The Bertz CT molecular complexity index is 664. The van der Waals surface area contributed by atoms with Crippen molar-refractivity contribution in [3.8, 4) is 11.8 Å². The minimum absolute atomic E-state index is 0.164. The number of aliphatic hydroxyl groups excluding tert-OH is 1. The summed E-state index contributed by atoms with van der Waals surface area (Å²) < 4.78 is 0. The van der Waals surface area contributed by atoms with Crippen LogP contribution in [0.1, 0.15) is 27.7 Å². The first-order valence-electron chi connectivity index (χ1n) is 6.32. The summed E-state index contributed by atoms with van der Waals surface area (Å²) in [4.78, 5) is 12.9. The second kappa shape index (κ2) is 6.90. The SMILES string of the molecule is CCc1ccccc1NC(=O)c1sccc1C#CCO. The van der Waals surface area contributed by atoms with Crippen LogP contribution in [0, 0.1) is 11.8 Å². The predicted molar refractivity (Wildman–Crippen MR) is 82.1 cm³/mol. The number of aliphatic hydroxyl groups is 1. The van der Waals surface area contributed by atoms with Gasteiger partial charge >= 0.3 is 0 Å². The average molecular weight is 285 g/mol. The molecule has 1 aromatic heterocycles. The van der Waals surface area contributed by atoms with Gasteiger partial charge in [0.1, 0.15) is 11.5 Å². The zero-order valence-electron chi connectivity index (χ0n) is 11.1. The number of hydrogen-bond donors (Lipinski definition) is 2. The first-order valence-corrected chi connectivity index (χ1v) is 7.20. The highest BCUT2D eigenvalue weighted by Gasteiger charge is 2.13. The summed E-state index contributed by atoms with van der Waals surface area (Å²) in [7, 11) is 0. The third-order valence-corrected chi connectivity index (χ3v) is 3.73. The van der Waals surface area contributed by atoms with E-state index in [4.69, 9.17) is 5.11 Å². The number of amides is 1. The van der Waals surface area contributed by atoms with Crippen LogP contribution in [-0.4, -0.2) is 17.6 Å². The number of benzene rings is 1. The van der Waals surface area contributed by atoms with Gasteiger partial charge in [0.15, 0.2) is 0 Å². The molecule has 0 atom stereocenters. The molecular weight excluding hydrogens is 270 g/mol. The highest BCUT2D eigenvalue weighted by atomic mass is 32.1. The fourth-order valence-corrected chi connectivity index (χ4v) is 2.59. The molecule has 2 N–H and O–H groups in total. The van der Waals surface area contributed by atoms with Crippen molar-refractivity contribution in [2.45, 2.75) is 13.3 Å². The van der Waals surface area contributed by atoms with Crippen molar-refractivity contribution in [3.63, 3.8) is 0 Å². The van der Waals surface area contributed by atoms with E-state index in [0.717, 1.165) is 17.7 Å². The molecule has 0 fully saturated rings. The Balaban J connectivity index is 2.22. The monoisotopic (exact) mass is 285 g/mol. The Labute approximate surface area is 122 Å². The highest BCUT2D eigenvalue weighted by molar-refractivity contribution is 7.12. The highest BCUT2D eigenvalue weighted by Crippen LogP contribution is 2.20. The molecule has 0 radical (unpaired) electrons. The molecule has 1 aromatic carbocycles. The number of nitrogens with one attached hydrogen (secondary N) is 1. The van der Waals surface area contributed by atoms with E-state index in [1.165, 1.54) is 11.3 Å². The fourth-order valence-electron chi connectivity index (χ4n) is 1.85. The molecule has 0 saturated heterocycles. The molecule has 0 saturated carbocycles. The molecule has 0 aliphatic carbocycles. The van der Waals surface area contributed by atoms with Crippen molar-refractivity contribution in [1.29, 1.82) is 0 Å². The molecule has 0 spiro atoms. The maximum absolute atomic E-state index is 12.3. The largest absolute Gasteiger partial charge is 0.384 e. The number of hydrogen-bond acceptors (Lipinski definition) is 3. The van der Waals surface area contributed by atoms with E-state index in [1.807, 2.05) is 36.6 Å². The predicted octanol–water partition coefficient (Wildman–Crippen LogP) is 2.91. The van der Waals surface area contributed by atoms with E-state index in [1.54, 1.807) is 6.07 Å². The zero-order chi connectivity index (χ0) is 14.4. The number of rotatable bonds is 3. The van der Waals surface area contributed by atoms with Crippen LogP contribution in [-0.2, 0) is 6.42 Å². The summed E-state index contributed by atoms with van der Waals surface area (Å²) in [6, 6.07) is 9.53. The molecule has 2 aromatic rings. The summed E-state index contributed by atoms with van der Waals surface area (Å²) in [5, 5.41) is 13.5. The van der Waals surface area contributed by atoms with Gasteiger partial charge in [-0.05, 0) is 29.5 Å². The van der Waals surface area contributed by atoms with Gasteiger partial charge in [0.2, 0.25) is 0 Å². The summed E-state index contributed by atoms with van der Waals surface area (Å²) in [5.41, 5.74) is 2.57. The van der Waals surface area contributed by atoms with Crippen LogP contribution in [0.3, 0.4) is 0 Å². The number of thiophene rings is 1. The van der Waals surface area contributed by atoms with Crippen molar-refractivity contribution in [3.05, 3.63) is 51.7 Å². The van der Waals surface area contributed by atoms with Gasteiger partial charge in [0.05, 0.1) is 0 Å². The van der Waals surface area contributed by atoms with Gasteiger partial charge < -0.3 is 10.4 Å². The maximum Gasteiger partial charge on any atom is 0.267 e. The minimum Gasteiger partial charge on any atom is -0.384 e. The Morgan fingerprint density at radius 1 is 1.35 bits per heavy atom. The van der Waals surface area contributed by atoms with Crippen LogP contribution < -0.4 is 5.32 Å². The Morgan fingerprint density at radius 3 is 2.90 bits per heavy atom. The maximum atomic E-state index is 12.3. The van der Waals surface area contributed by atoms with Crippen molar-refractivity contribution < 1.29 is 9.90 Å². The van der Waals surface area contributed by atoms with Crippen LogP contribution in [0.5, 0.6) is 0 Å². The van der Waals surface area contributed by atoms with E-state index in [0.29, 0.717) is 10.4 Å². The molecule has 0 unspecified atom stereocenters. The molecule has 0 bridgehead atoms. The molecule has 3 nitrogen and oxygen atoms in total. The van der Waals surface area contributed by atoms with Crippen LogP contribution >= 0.6 is 11.3 Å². The molecule has 1 amide bonds. The van der Waals surface area contributed by atoms with Gasteiger partial charge in [-0.1, -0.05) is 37.0 Å². The quantitative estimate of drug-likeness (QED) is 0.852. The van der Waals surface area contributed by atoms with Gasteiger partial charge in [0, 0.05) is 11.3 Å². The van der Waals surface area contributed by atoms with E-state index in [9.17, 15) is 4.79 Å². The topological polar surface area (TPSA) is 49.3 Å². The fraction of sp³-hybridized carbons (Fsp3) is 0.188. The van der Waals surface area contributed by atoms with Crippen molar-refractivity contribution in [1.82, 2.24) is 0 Å². The molecule has 2 rings (SSSR count). The Morgan fingerprint density at radius 2 is 2.15 bits per heavy atom. The first-order chi connectivity index (χ1) is 9.76. The van der Waals surface area contributed by atoms with Crippen molar-refractivity contribution in [2.75, 3.05) is 11.9 Å². The summed E-state index contributed by atoms with van der Waals surface area (Å²) >= 11 is 1.34. The lowest BCUT2D eigenvalue weighted by Crippen LogP contribution is -2.12. The molecule has 20 heavy (non-hydrogen) atoms. The Hall–Kier alpha value is -2.09. The van der Waals surface area contributed by atoms with Crippen molar-refractivity contribution in [2.24, 2.45) is 0 Å². The lowest BCUT2D eigenvalue weighted by Gasteiger charge is -2.08.